The molecule has 6 aromatic carbocycles. The highest BCUT2D eigenvalue weighted by atomic mass is 15.4. The first-order valence-electron chi connectivity index (χ1n) is 21.5. The number of anilines is 4. The van der Waals surface area contributed by atoms with E-state index in [9.17, 15) is 0 Å². The van der Waals surface area contributed by atoms with E-state index in [1.54, 1.807) is 0 Å². The summed E-state index contributed by atoms with van der Waals surface area (Å²) in [6, 6.07) is 56.4. The van der Waals surface area contributed by atoms with Gasteiger partial charge in [0.05, 0.1) is 22.4 Å². The van der Waals surface area contributed by atoms with Crippen molar-refractivity contribution in [1.82, 2.24) is 9.55 Å². The first-order valence-corrected chi connectivity index (χ1v) is 21.5. The third-order valence-electron chi connectivity index (χ3n) is 13.2. The van der Waals surface area contributed by atoms with E-state index in [0.717, 1.165) is 23.5 Å². The van der Waals surface area contributed by atoms with Gasteiger partial charge in [0.25, 0.3) is 0 Å². The third kappa shape index (κ3) is 6.76. The summed E-state index contributed by atoms with van der Waals surface area (Å²) in [7, 11) is 0. The Kier molecular flexibility index (Phi) is 9.35. The summed E-state index contributed by atoms with van der Waals surface area (Å²) in [6.45, 7) is 23.9. The van der Waals surface area contributed by atoms with Crippen molar-refractivity contribution in [3.63, 3.8) is 0 Å². The zero-order chi connectivity index (χ0) is 42.2. The van der Waals surface area contributed by atoms with Gasteiger partial charge in [0.15, 0.2) is 0 Å². The molecular formula is C56H58N4. The molecule has 4 nitrogen and oxygen atoms in total. The van der Waals surface area contributed by atoms with Crippen LogP contribution in [0.4, 0.5) is 22.7 Å². The SMILES string of the molecule is CC(C)(C)c1ccc(N2CN(c3cc(C(C)(C)C)cc(C(C)(C)c4ccc5c6ccccc6n(-c6cc(C(C)(C)c7ccccc7)ccn6)c5c4)c3)c3ccccc32)cc1. The Morgan fingerprint density at radius 3 is 1.63 bits per heavy atom. The monoisotopic (exact) mass is 786 g/mol. The molecule has 0 fully saturated rings. The highest BCUT2D eigenvalue weighted by Gasteiger charge is 2.33. The molecule has 0 aliphatic carbocycles. The van der Waals surface area contributed by atoms with Gasteiger partial charge in [0.1, 0.15) is 12.5 Å². The van der Waals surface area contributed by atoms with E-state index in [2.05, 4.69) is 235 Å². The van der Waals surface area contributed by atoms with Crippen LogP contribution in [-0.2, 0) is 21.7 Å². The summed E-state index contributed by atoms with van der Waals surface area (Å²) in [5, 5.41) is 2.46. The predicted molar refractivity (Wildman–Crippen MR) is 255 cm³/mol. The van der Waals surface area contributed by atoms with Gasteiger partial charge in [-0.05, 0) is 105 Å². The quantitative estimate of drug-likeness (QED) is 0.161. The van der Waals surface area contributed by atoms with Crippen LogP contribution in [-0.4, -0.2) is 16.2 Å². The van der Waals surface area contributed by atoms with Gasteiger partial charge < -0.3 is 9.80 Å². The largest absolute Gasteiger partial charge is 0.321 e. The third-order valence-corrected chi connectivity index (χ3v) is 13.2. The van der Waals surface area contributed by atoms with Crippen molar-refractivity contribution in [1.29, 1.82) is 0 Å². The molecule has 60 heavy (non-hydrogen) atoms. The van der Waals surface area contributed by atoms with Crippen LogP contribution in [0.15, 0.2) is 158 Å². The predicted octanol–water partition coefficient (Wildman–Crippen LogP) is 14.7. The summed E-state index contributed by atoms with van der Waals surface area (Å²) >= 11 is 0. The van der Waals surface area contributed by atoms with Gasteiger partial charge in [0.2, 0.25) is 0 Å². The average molecular weight is 787 g/mol. The Morgan fingerprint density at radius 2 is 0.950 bits per heavy atom. The lowest BCUT2D eigenvalue weighted by Gasteiger charge is -2.32. The number of pyridine rings is 1. The lowest BCUT2D eigenvalue weighted by molar-refractivity contribution is 0.582. The number of hydrogen-bond acceptors (Lipinski definition) is 3. The molecule has 4 heteroatoms. The van der Waals surface area contributed by atoms with Crippen molar-refractivity contribution in [3.05, 3.63) is 191 Å². The fraction of sp³-hybridized carbons (Fsp3) is 0.268. The van der Waals surface area contributed by atoms with Crippen molar-refractivity contribution in [2.45, 2.75) is 90.9 Å². The standard InChI is InChI=1S/C56H58N4/c1-53(2,3)38-24-27-44(28-25-38)58-37-59(50-23-17-16-22-49(50)58)45-33-42(54(4,5)6)32-43(34-45)56(9,10)40-26-29-47-46-20-14-15-21-48(46)60(51(47)35-40)52-36-41(30-31-57-52)55(7,8)39-18-12-11-13-19-39/h11-36H,37H2,1-10H3. The molecule has 2 aromatic heterocycles. The van der Waals surface area contributed by atoms with Crippen molar-refractivity contribution in [2.24, 2.45) is 0 Å². The van der Waals surface area contributed by atoms with Crippen LogP contribution in [0.3, 0.4) is 0 Å². The molecule has 0 N–H and O–H groups in total. The van der Waals surface area contributed by atoms with Crippen LogP contribution in [0.1, 0.15) is 103 Å². The Labute approximate surface area is 357 Å². The second-order valence-electron chi connectivity index (χ2n) is 19.9. The Morgan fingerprint density at radius 1 is 0.400 bits per heavy atom. The first kappa shape index (κ1) is 39.3. The Bertz CT molecular complexity index is 2860. The lowest BCUT2D eigenvalue weighted by Crippen LogP contribution is -2.26. The molecule has 0 unspecified atom stereocenters. The van der Waals surface area contributed by atoms with E-state index in [1.807, 2.05) is 6.20 Å². The molecule has 0 atom stereocenters. The number of nitrogens with zero attached hydrogens (tertiary/aromatic N) is 4. The van der Waals surface area contributed by atoms with Crippen molar-refractivity contribution < 1.29 is 0 Å². The number of fused-ring (bicyclic) bond motifs is 4. The molecule has 0 radical (unpaired) electrons. The molecule has 0 bridgehead atoms. The van der Waals surface area contributed by atoms with Gasteiger partial charge in [-0.25, -0.2) is 4.98 Å². The van der Waals surface area contributed by atoms with Crippen molar-refractivity contribution in [3.8, 4) is 5.82 Å². The summed E-state index contributed by atoms with van der Waals surface area (Å²) in [4.78, 5) is 10.00. The number of rotatable bonds is 7. The molecule has 1 aliphatic rings. The van der Waals surface area contributed by atoms with Crippen LogP contribution in [0, 0.1) is 0 Å². The van der Waals surface area contributed by atoms with Gasteiger partial charge in [-0.1, -0.05) is 160 Å². The zero-order valence-corrected chi connectivity index (χ0v) is 37.0. The van der Waals surface area contributed by atoms with E-state index in [1.165, 1.54) is 66.9 Å². The number of hydrogen-bond donors (Lipinski definition) is 0. The topological polar surface area (TPSA) is 24.3 Å². The minimum absolute atomic E-state index is 0.0524. The molecule has 3 heterocycles. The average Bonchev–Trinajstić information content (AvgIpc) is 3.79. The second-order valence-corrected chi connectivity index (χ2v) is 19.9. The van der Waals surface area contributed by atoms with Gasteiger partial charge in [0, 0.05) is 39.2 Å². The summed E-state index contributed by atoms with van der Waals surface area (Å²) in [5.41, 5.74) is 14.5. The molecule has 0 saturated carbocycles. The fourth-order valence-corrected chi connectivity index (χ4v) is 9.08. The summed E-state index contributed by atoms with van der Waals surface area (Å²) in [5.74, 6) is 0.931. The van der Waals surface area contributed by atoms with E-state index in [-0.39, 0.29) is 21.7 Å². The van der Waals surface area contributed by atoms with Crippen LogP contribution in [0.25, 0.3) is 27.6 Å². The van der Waals surface area contributed by atoms with E-state index < -0.39 is 0 Å². The molecule has 8 aromatic rings. The van der Waals surface area contributed by atoms with Crippen LogP contribution in [0.2, 0.25) is 0 Å². The minimum atomic E-state index is -0.322. The molecule has 302 valence electrons. The maximum atomic E-state index is 5.05. The van der Waals surface area contributed by atoms with Gasteiger partial charge in [-0.15, -0.1) is 0 Å². The van der Waals surface area contributed by atoms with Crippen molar-refractivity contribution >= 4 is 44.6 Å². The normalized spacial score (nSPS) is 13.7. The maximum absolute atomic E-state index is 5.05. The highest BCUT2D eigenvalue weighted by Crippen LogP contribution is 2.47. The van der Waals surface area contributed by atoms with E-state index >= 15 is 0 Å². The molecule has 1 aliphatic heterocycles. The number of benzene rings is 6. The molecule has 0 saturated heterocycles. The van der Waals surface area contributed by atoms with E-state index in [0.29, 0.717) is 0 Å². The highest BCUT2D eigenvalue weighted by molar-refractivity contribution is 6.09. The fourth-order valence-electron chi connectivity index (χ4n) is 9.08. The summed E-state index contributed by atoms with van der Waals surface area (Å²) < 4.78 is 2.37. The Balaban J connectivity index is 1.15. The van der Waals surface area contributed by atoms with E-state index in [4.69, 9.17) is 4.98 Å². The smallest absolute Gasteiger partial charge is 0.137 e. The minimum Gasteiger partial charge on any atom is -0.321 e. The molecule has 0 spiro atoms. The number of aromatic nitrogens is 2. The second kappa shape index (κ2) is 14.3. The van der Waals surface area contributed by atoms with Crippen LogP contribution in [0.5, 0.6) is 0 Å². The van der Waals surface area contributed by atoms with Crippen LogP contribution >= 0.6 is 0 Å². The van der Waals surface area contributed by atoms with Gasteiger partial charge in [-0.3, -0.25) is 4.57 Å². The number of para-hydroxylation sites is 3. The lowest BCUT2D eigenvalue weighted by atomic mass is 9.75. The zero-order valence-electron chi connectivity index (χ0n) is 37.0. The van der Waals surface area contributed by atoms with Gasteiger partial charge in [-0.2, -0.15) is 0 Å². The molecule has 9 rings (SSSR count). The van der Waals surface area contributed by atoms with Gasteiger partial charge >= 0.3 is 0 Å². The van der Waals surface area contributed by atoms with Crippen molar-refractivity contribution in [2.75, 3.05) is 16.5 Å². The first-order chi connectivity index (χ1) is 28.5. The summed E-state index contributed by atoms with van der Waals surface area (Å²) in [6.07, 6.45) is 1.97. The maximum Gasteiger partial charge on any atom is 0.137 e. The molecular weight excluding hydrogens is 729 g/mol. The molecule has 0 amide bonds. The van der Waals surface area contributed by atoms with Crippen LogP contribution < -0.4 is 9.80 Å². The Hall–Kier alpha value is -6.13.